The van der Waals surface area contributed by atoms with Crippen molar-refractivity contribution in [3.8, 4) is 5.75 Å². The highest BCUT2D eigenvalue weighted by Gasteiger charge is 2.17. The molecule has 5 heteroatoms. The molecule has 0 bridgehead atoms. The Bertz CT molecular complexity index is 485. The van der Waals surface area contributed by atoms with Crippen LogP contribution in [-0.4, -0.2) is 17.2 Å². The van der Waals surface area contributed by atoms with Crippen LogP contribution in [0.15, 0.2) is 11.4 Å². The van der Waals surface area contributed by atoms with Crippen molar-refractivity contribution in [3.05, 3.63) is 31.9 Å². The minimum absolute atomic E-state index is 0.533. The summed E-state index contributed by atoms with van der Waals surface area (Å²) < 4.78 is 5.21. The molecule has 3 nitrogen and oxygen atoms in total. The van der Waals surface area contributed by atoms with Gasteiger partial charge in [0.1, 0.15) is 5.75 Å². The third-order valence-electron chi connectivity index (χ3n) is 2.62. The number of methoxy groups -OCH3 is 1. The number of thiazole rings is 1. The van der Waals surface area contributed by atoms with Crippen molar-refractivity contribution in [1.29, 1.82) is 0 Å². The Morgan fingerprint density at radius 1 is 1.47 bits per heavy atom. The second-order valence-electron chi connectivity index (χ2n) is 3.82. The molecule has 0 radical (unpaired) electrons. The predicted molar refractivity (Wildman–Crippen MR) is 71.1 cm³/mol. The molecule has 1 atom stereocenters. The Morgan fingerprint density at radius 2 is 2.24 bits per heavy atom. The molecular formula is C12H15NO2S2. The van der Waals surface area contributed by atoms with Crippen LogP contribution in [0.4, 0.5) is 0 Å². The third-order valence-corrected chi connectivity index (χ3v) is 4.72. The molecule has 17 heavy (non-hydrogen) atoms. The SMILES string of the molecule is COc1ccsc1C(O)Cc1nc(C)c(C)s1. The number of aliphatic hydroxyl groups is 1. The molecule has 1 unspecified atom stereocenters. The zero-order valence-corrected chi connectivity index (χ0v) is 11.7. The molecule has 1 N–H and O–H groups in total. The standard InChI is InChI=1S/C12H15NO2S2/c1-7-8(2)17-11(13-7)6-9(14)12-10(15-3)4-5-16-12/h4-5,9,14H,6H2,1-3H3. The summed E-state index contributed by atoms with van der Waals surface area (Å²) in [6, 6.07) is 1.88. The number of aromatic nitrogens is 1. The Kier molecular flexibility index (Phi) is 3.81. The second kappa shape index (κ2) is 5.16. The molecule has 92 valence electrons. The van der Waals surface area contributed by atoms with Gasteiger partial charge in [0, 0.05) is 11.3 Å². The Morgan fingerprint density at radius 3 is 2.82 bits per heavy atom. The van der Waals surface area contributed by atoms with Crippen LogP contribution in [0.5, 0.6) is 5.75 Å². The van der Waals surface area contributed by atoms with E-state index in [1.165, 1.54) is 16.2 Å². The number of rotatable bonds is 4. The number of nitrogens with zero attached hydrogens (tertiary/aromatic N) is 1. The van der Waals surface area contributed by atoms with Crippen molar-refractivity contribution in [2.45, 2.75) is 26.4 Å². The van der Waals surface area contributed by atoms with E-state index in [1.807, 2.05) is 18.4 Å². The Labute approximate surface area is 109 Å². The summed E-state index contributed by atoms with van der Waals surface area (Å²) in [5.74, 6) is 0.757. The van der Waals surface area contributed by atoms with E-state index in [1.54, 1.807) is 18.4 Å². The van der Waals surface area contributed by atoms with Crippen LogP contribution < -0.4 is 4.74 Å². The minimum Gasteiger partial charge on any atom is -0.495 e. The quantitative estimate of drug-likeness (QED) is 0.927. The van der Waals surface area contributed by atoms with Crippen LogP contribution in [-0.2, 0) is 6.42 Å². The van der Waals surface area contributed by atoms with E-state index >= 15 is 0 Å². The Balaban J connectivity index is 2.14. The van der Waals surface area contributed by atoms with E-state index in [9.17, 15) is 5.11 Å². The normalized spacial score (nSPS) is 12.7. The van der Waals surface area contributed by atoms with Crippen LogP contribution in [0, 0.1) is 13.8 Å². The van der Waals surface area contributed by atoms with E-state index in [0.29, 0.717) is 6.42 Å². The molecular weight excluding hydrogens is 254 g/mol. The second-order valence-corrected chi connectivity index (χ2v) is 6.06. The Hall–Kier alpha value is -0.910. The average Bonchev–Trinajstić information content (AvgIpc) is 2.86. The maximum absolute atomic E-state index is 10.2. The smallest absolute Gasteiger partial charge is 0.135 e. The lowest BCUT2D eigenvalue weighted by Gasteiger charge is -2.08. The first-order valence-corrected chi connectivity index (χ1v) is 7.03. The van der Waals surface area contributed by atoms with Gasteiger partial charge in [-0.3, -0.25) is 0 Å². The van der Waals surface area contributed by atoms with Gasteiger partial charge in [-0.15, -0.1) is 22.7 Å². The average molecular weight is 269 g/mol. The zero-order valence-electron chi connectivity index (χ0n) is 10.1. The lowest BCUT2D eigenvalue weighted by atomic mass is 10.2. The first kappa shape index (κ1) is 12.5. The van der Waals surface area contributed by atoms with Gasteiger partial charge in [0.05, 0.1) is 28.8 Å². The fraction of sp³-hybridized carbons (Fsp3) is 0.417. The maximum atomic E-state index is 10.2. The van der Waals surface area contributed by atoms with Crippen LogP contribution in [0.1, 0.15) is 26.6 Å². The molecule has 2 rings (SSSR count). The predicted octanol–water partition coefficient (Wildman–Crippen LogP) is 3.11. The summed E-state index contributed by atoms with van der Waals surface area (Å²) in [6.45, 7) is 4.04. The molecule has 0 aliphatic heterocycles. The van der Waals surface area contributed by atoms with Crippen LogP contribution >= 0.6 is 22.7 Å². The monoisotopic (exact) mass is 269 g/mol. The first-order chi connectivity index (χ1) is 8.11. The number of aliphatic hydroxyl groups excluding tert-OH is 1. The number of thiophene rings is 1. The summed E-state index contributed by atoms with van der Waals surface area (Å²) in [5, 5.41) is 13.1. The molecule has 2 aromatic heterocycles. The molecule has 0 spiro atoms. The molecule has 2 aromatic rings. The lowest BCUT2D eigenvalue weighted by molar-refractivity contribution is 0.178. The van der Waals surface area contributed by atoms with Gasteiger partial charge in [-0.05, 0) is 25.3 Å². The molecule has 0 saturated carbocycles. The van der Waals surface area contributed by atoms with Gasteiger partial charge in [0.25, 0.3) is 0 Å². The van der Waals surface area contributed by atoms with Crippen molar-refractivity contribution in [2.75, 3.05) is 7.11 Å². The van der Waals surface area contributed by atoms with Crippen molar-refractivity contribution < 1.29 is 9.84 Å². The molecule has 0 amide bonds. The van der Waals surface area contributed by atoms with Crippen LogP contribution in [0.3, 0.4) is 0 Å². The van der Waals surface area contributed by atoms with Crippen LogP contribution in [0.2, 0.25) is 0 Å². The summed E-state index contributed by atoms with van der Waals surface area (Å²) >= 11 is 3.16. The van der Waals surface area contributed by atoms with E-state index in [0.717, 1.165) is 21.3 Å². The highest BCUT2D eigenvalue weighted by Crippen LogP contribution is 2.33. The number of hydrogen-bond donors (Lipinski definition) is 1. The zero-order chi connectivity index (χ0) is 12.4. The van der Waals surface area contributed by atoms with E-state index in [4.69, 9.17) is 4.74 Å². The topological polar surface area (TPSA) is 42.4 Å². The highest BCUT2D eigenvalue weighted by atomic mass is 32.1. The molecule has 0 saturated heterocycles. The fourth-order valence-corrected chi connectivity index (χ4v) is 3.42. The van der Waals surface area contributed by atoms with E-state index in [2.05, 4.69) is 11.9 Å². The number of hydrogen-bond acceptors (Lipinski definition) is 5. The van der Waals surface area contributed by atoms with Gasteiger partial charge in [0.15, 0.2) is 0 Å². The fourth-order valence-electron chi connectivity index (χ4n) is 1.61. The maximum Gasteiger partial charge on any atom is 0.135 e. The highest BCUT2D eigenvalue weighted by molar-refractivity contribution is 7.11. The summed E-state index contributed by atoms with van der Waals surface area (Å²) in [4.78, 5) is 6.52. The molecule has 0 fully saturated rings. The van der Waals surface area contributed by atoms with Gasteiger partial charge in [-0.25, -0.2) is 4.98 Å². The van der Waals surface area contributed by atoms with E-state index < -0.39 is 6.10 Å². The van der Waals surface area contributed by atoms with Crippen molar-refractivity contribution in [2.24, 2.45) is 0 Å². The molecule has 0 aromatic carbocycles. The molecule has 0 aliphatic carbocycles. The first-order valence-electron chi connectivity index (χ1n) is 5.34. The third kappa shape index (κ3) is 2.68. The summed E-state index contributed by atoms with van der Waals surface area (Å²) in [7, 11) is 1.62. The van der Waals surface area contributed by atoms with Crippen LogP contribution in [0.25, 0.3) is 0 Å². The largest absolute Gasteiger partial charge is 0.495 e. The van der Waals surface area contributed by atoms with Gasteiger partial charge in [0.2, 0.25) is 0 Å². The molecule has 0 aliphatic rings. The lowest BCUT2D eigenvalue weighted by Crippen LogP contribution is -2.01. The molecule has 2 heterocycles. The number of aryl methyl sites for hydroxylation is 2. The van der Waals surface area contributed by atoms with Gasteiger partial charge < -0.3 is 9.84 Å². The van der Waals surface area contributed by atoms with Gasteiger partial charge in [-0.2, -0.15) is 0 Å². The summed E-state index contributed by atoms with van der Waals surface area (Å²) in [5.41, 5.74) is 1.05. The van der Waals surface area contributed by atoms with Gasteiger partial charge >= 0.3 is 0 Å². The summed E-state index contributed by atoms with van der Waals surface area (Å²) in [6.07, 6.45) is 0.0193. The van der Waals surface area contributed by atoms with Gasteiger partial charge in [-0.1, -0.05) is 0 Å². The van der Waals surface area contributed by atoms with E-state index in [-0.39, 0.29) is 0 Å². The van der Waals surface area contributed by atoms with Crippen molar-refractivity contribution >= 4 is 22.7 Å². The van der Waals surface area contributed by atoms with Crippen molar-refractivity contribution in [1.82, 2.24) is 4.98 Å². The van der Waals surface area contributed by atoms with Crippen molar-refractivity contribution in [3.63, 3.8) is 0 Å². The minimum atomic E-state index is -0.533. The number of ether oxygens (including phenoxy) is 1.